The number of anilines is 1. The first-order chi connectivity index (χ1) is 16.5. The molecule has 0 radical (unpaired) electrons. The molecule has 5 rings (SSSR count). The van der Waals surface area contributed by atoms with E-state index in [1.54, 1.807) is 23.0 Å². The molecule has 1 saturated heterocycles. The molecule has 4 aromatic rings. The Hall–Kier alpha value is -2.98. The molecular weight excluding hydrogens is 448 g/mol. The number of rotatable bonds is 7. The van der Waals surface area contributed by atoms with Crippen LogP contribution >= 0.6 is 11.3 Å². The number of methoxy groups -OCH3 is 1. The zero-order valence-corrected chi connectivity index (χ0v) is 21.3. The number of aromatic amines is 1. The smallest absolute Gasteiger partial charge is 0.197 e. The van der Waals surface area contributed by atoms with E-state index in [4.69, 9.17) is 14.8 Å². The third-order valence-electron chi connectivity index (χ3n) is 6.46. The van der Waals surface area contributed by atoms with Crippen molar-refractivity contribution >= 4 is 22.0 Å². The number of nitrogens with zero attached hydrogens (tertiary/aromatic N) is 7. The third-order valence-corrected chi connectivity index (χ3v) is 7.50. The normalized spacial score (nSPS) is 17.2. The summed E-state index contributed by atoms with van der Waals surface area (Å²) >= 11 is 1.72. The molecule has 1 aliphatic heterocycles. The van der Waals surface area contributed by atoms with E-state index in [0.717, 1.165) is 47.2 Å². The highest BCUT2D eigenvalue weighted by atomic mass is 32.1. The highest BCUT2D eigenvalue weighted by molar-refractivity contribution is 7.18. The number of nitrogens with one attached hydrogen (secondary N) is 1. The summed E-state index contributed by atoms with van der Waals surface area (Å²) in [4.78, 5) is 14.1. The van der Waals surface area contributed by atoms with Crippen molar-refractivity contribution in [2.24, 2.45) is 0 Å². The summed E-state index contributed by atoms with van der Waals surface area (Å²) < 4.78 is 7.30. The van der Waals surface area contributed by atoms with Gasteiger partial charge in [0, 0.05) is 43.0 Å². The zero-order chi connectivity index (χ0) is 23.8. The Kier molecular flexibility index (Phi) is 6.26. The van der Waals surface area contributed by atoms with Crippen molar-refractivity contribution in [1.82, 2.24) is 34.7 Å². The van der Waals surface area contributed by atoms with Crippen molar-refractivity contribution in [3.63, 3.8) is 0 Å². The first-order valence-electron chi connectivity index (χ1n) is 11.9. The number of thiazole rings is 1. The van der Waals surface area contributed by atoms with Crippen molar-refractivity contribution in [1.29, 1.82) is 0 Å². The first-order valence-corrected chi connectivity index (χ1v) is 12.7. The first kappa shape index (κ1) is 22.8. The Morgan fingerprint density at radius 1 is 1.26 bits per heavy atom. The van der Waals surface area contributed by atoms with Gasteiger partial charge in [-0.3, -0.25) is 10.00 Å². The number of ether oxygens (including phenoxy) is 1. The maximum Gasteiger partial charge on any atom is 0.197 e. The highest BCUT2D eigenvalue weighted by Crippen LogP contribution is 2.40. The lowest BCUT2D eigenvalue weighted by Crippen LogP contribution is -2.51. The molecular formula is C24H32N8OS. The maximum absolute atomic E-state index is 5.57. The van der Waals surface area contributed by atoms with Crippen LogP contribution in [0, 0.1) is 0 Å². The van der Waals surface area contributed by atoms with Gasteiger partial charge in [0.15, 0.2) is 11.4 Å². The van der Waals surface area contributed by atoms with Gasteiger partial charge < -0.3 is 9.64 Å². The number of H-pyrrole nitrogens is 1. The topological polar surface area (TPSA) is 87.5 Å². The molecule has 0 saturated carbocycles. The number of aromatic nitrogens is 6. The second-order valence-electron chi connectivity index (χ2n) is 9.19. The predicted molar refractivity (Wildman–Crippen MR) is 136 cm³/mol. The van der Waals surface area contributed by atoms with Crippen LogP contribution in [0.1, 0.15) is 45.6 Å². The minimum atomic E-state index is 0.255. The maximum atomic E-state index is 5.57. The van der Waals surface area contributed by atoms with E-state index in [1.807, 2.05) is 18.5 Å². The molecule has 34 heavy (non-hydrogen) atoms. The molecule has 4 aromatic heterocycles. The summed E-state index contributed by atoms with van der Waals surface area (Å²) in [6, 6.07) is 2.45. The Balaban J connectivity index is 1.48. The number of piperazine rings is 1. The molecule has 9 nitrogen and oxygen atoms in total. The van der Waals surface area contributed by atoms with Crippen LogP contribution in [0.4, 0.5) is 5.00 Å². The van der Waals surface area contributed by atoms with Crippen molar-refractivity contribution in [2.45, 2.75) is 46.1 Å². The molecule has 0 amide bonds. The Bertz CT molecular complexity index is 1280. The van der Waals surface area contributed by atoms with Crippen LogP contribution in [0.15, 0.2) is 24.8 Å². The van der Waals surface area contributed by atoms with Gasteiger partial charge >= 0.3 is 0 Å². The Morgan fingerprint density at radius 2 is 2.12 bits per heavy atom. The number of hydrogen-bond acceptors (Lipinski definition) is 8. The van der Waals surface area contributed by atoms with Gasteiger partial charge in [-0.25, -0.2) is 14.5 Å². The van der Waals surface area contributed by atoms with E-state index in [9.17, 15) is 0 Å². The molecule has 0 aromatic carbocycles. The fraction of sp³-hybridized carbons (Fsp3) is 0.500. The van der Waals surface area contributed by atoms with Gasteiger partial charge in [-0.1, -0.05) is 32.1 Å². The number of pyridine rings is 1. The molecule has 10 heteroatoms. The summed E-state index contributed by atoms with van der Waals surface area (Å²) in [7, 11) is 1.65. The van der Waals surface area contributed by atoms with Crippen molar-refractivity contribution in [2.75, 3.05) is 38.2 Å². The van der Waals surface area contributed by atoms with Crippen molar-refractivity contribution in [3.8, 4) is 27.7 Å². The monoisotopic (exact) mass is 480 g/mol. The molecule has 0 aliphatic carbocycles. The van der Waals surface area contributed by atoms with Crippen LogP contribution in [0.3, 0.4) is 0 Å². The van der Waals surface area contributed by atoms with E-state index < -0.39 is 0 Å². The third kappa shape index (κ3) is 4.05. The molecule has 1 fully saturated rings. The minimum absolute atomic E-state index is 0.255. The van der Waals surface area contributed by atoms with E-state index in [1.165, 1.54) is 24.3 Å². The molecule has 1 atom stereocenters. The summed E-state index contributed by atoms with van der Waals surface area (Å²) in [6.07, 6.45) is 6.70. The standard InChI is InChI=1S/C24H32N8OS/c1-6-7-30-8-9-31(16(4)12-30)19-11-25-24(34-19)22-20(15(2)3)21(28-29-22)17-10-18(33-5)23-26-14-27-32(23)13-17/h10-11,13-16H,6-9,12H2,1-5H3,(H,28,29)/t16-/m1/s1. The van der Waals surface area contributed by atoms with Crippen LogP contribution in [-0.2, 0) is 0 Å². The molecule has 1 aliphatic rings. The van der Waals surface area contributed by atoms with E-state index >= 15 is 0 Å². The number of hydrogen-bond donors (Lipinski definition) is 1. The fourth-order valence-corrected chi connectivity index (χ4v) is 5.92. The molecule has 0 spiro atoms. The summed E-state index contributed by atoms with van der Waals surface area (Å²) in [5.41, 5.74) is 4.66. The summed E-state index contributed by atoms with van der Waals surface area (Å²) in [5, 5.41) is 14.5. The van der Waals surface area contributed by atoms with E-state index in [2.05, 4.69) is 52.7 Å². The second-order valence-corrected chi connectivity index (χ2v) is 10.2. The molecule has 180 valence electrons. The summed E-state index contributed by atoms with van der Waals surface area (Å²) in [5.74, 6) is 0.929. The van der Waals surface area contributed by atoms with Crippen LogP contribution in [0.5, 0.6) is 5.75 Å². The molecule has 0 bridgehead atoms. The molecule has 1 N–H and O–H groups in total. The van der Waals surface area contributed by atoms with Gasteiger partial charge in [0.25, 0.3) is 0 Å². The predicted octanol–water partition coefficient (Wildman–Crippen LogP) is 4.30. The fourth-order valence-electron chi connectivity index (χ4n) is 4.87. The van der Waals surface area contributed by atoms with Crippen LogP contribution < -0.4 is 9.64 Å². The lowest BCUT2D eigenvalue weighted by atomic mass is 9.97. The van der Waals surface area contributed by atoms with E-state index in [0.29, 0.717) is 17.4 Å². The highest BCUT2D eigenvalue weighted by Gasteiger charge is 2.27. The average molecular weight is 481 g/mol. The van der Waals surface area contributed by atoms with Gasteiger partial charge in [0.05, 0.1) is 19.0 Å². The Morgan fingerprint density at radius 3 is 2.85 bits per heavy atom. The molecule has 0 unspecified atom stereocenters. The van der Waals surface area contributed by atoms with Gasteiger partial charge in [0.1, 0.15) is 22.0 Å². The van der Waals surface area contributed by atoms with Crippen LogP contribution in [0.2, 0.25) is 0 Å². The van der Waals surface area contributed by atoms with Gasteiger partial charge in [-0.2, -0.15) is 10.2 Å². The van der Waals surface area contributed by atoms with Gasteiger partial charge in [0.2, 0.25) is 0 Å². The van der Waals surface area contributed by atoms with Gasteiger partial charge in [-0.05, 0) is 31.9 Å². The molecule has 5 heterocycles. The second kappa shape index (κ2) is 9.34. The van der Waals surface area contributed by atoms with Crippen LogP contribution in [0.25, 0.3) is 27.6 Å². The average Bonchev–Trinajstić information content (AvgIpc) is 3.57. The number of fused-ring (bicyclic) bond motifs is 1. The van der Waals surface area contributed by atoms with Crippen molar-refractivity contribution in [3.05, 3.63) is 30.4 Å². The summed E-state index contributed by atoms with van der Waals surface area (Å²) in [6.45, 7) is 13.3. The lowest BCUT2D eigenvalue weighted by Gasteiger charge is -2.40. The van der Waals surface area contributed by atoms with E-state index in [-0.39, 0.29) is 5.92 Å². The SMILES string of the molecule is CCCN1CCN(c2cnc(-c3n[nH]c(-c4cc(OC)c5ncnn5c4)c3C(C)C)s2)[C@H](C)C1. The lowest BCUT2D eigenvalue weighted by molar-refractivity contribution is 0.230. The van der Waals surface area contributed by atoms with Gasteiger partial charge in [-0.15, -0.1) is 0 Å². The van der Waals surface area contributed by atoms with Crippen LogP contribution in [-0.4, -0.2) is 74.0 Å². The minimum Gasteiger partial charge on any atom is -0.493 e. The largest absolute Gasteiger partial charge is 0.493 e. The quantitative estimate of drug-likeness (QED) is 0.422. The Labute approximate surface area is 203 Å². The zero-order valence-electron chi connectivity index (χ0n) is 20.4. The van der Waals surface area contributed by atoms with Crippen molar-refractivity contribution < 1.29 is 4.74 Å².